The molecule has 0 unspecified atom stereocenters. The van der Waals surface area contributed by atoms with E-state index in [9.17, 15) is 13.2 Å². The second-order valence-electron chi connectivity index (χ2n) is 7.35. The minimum Gasteiger partial charge on any atom is -0.372 e. The average molecular weight is 402 g/mol. The molecular formula is C21H27N3O3S. The van der Waals surface area contributed by atoms with Crippen molar-refractivity contribution in [2.45, 2.75) is 26.7 Å². The first-order chi connectivity index (χ1) is 13.2. The standard InChI is InChI=1S/C21H27N3O3S/c1-16-6-11-20(17(2)14-16)24(28(3,26)27)15-21(25)22-18-7-9-19(10-8-18)23-12-4-5-13-23/h6-11,14H,4-5,12-13,15H2,1-3H3,(H,22,25). The van der Waals surface area contributed by atoms with Crippen LogP contribution in [0, 0.1) is 13.8 Å². The van der Waals surface area contributed by atoms with E-state index in [0.29, 0.717) is 11.4 Å². The van der Waals surface area contributed by atoms with Gasteiger partial charge in [0.2, 0.25) is 15.9 Å². The average Bonchev–Trinajstić information content (AvgIpc) is 3.15. The molecule has 1 saturated heterocycles. The molecule has 0 aliphatic carbocycles. The summed E-state index contributed by atoms with van der Waals surface area (Å²) in [5.41, 5.74) is 4.17. The molecule has 1 heterocycles. The van der Waals surface area contributed by atoms with Crippen LogP contribution in [0.4, 0.5) is 17.1 Å². The van der Waals surface area contributed by atoms with Gasteiger partial charge in [-0.25, -0.2) is 8.42 Å². The zero-order valence-electron chi connectivity index (χ0n) is 16.6. The van der Waals surface area contributed by atoms with Crippen molar-refractivity contribution in [1.29, 1.82) is 0 Å². The van der Waals surface area contributed by atoms with Gasteiger partial charge in [0, 0.05) is 24.5 Å². The van der Waals surface area contributed by atoms with Crippen molar-refractivity contribution in [1.82, 2.24) is 0 Å². The molecule has 0 saturated carbocycles. The normalized spacial score (nSPS) is 14.2. The van der Waals surface area contributed by atoms with Crippen LogP contribution in [0.3, 0.4) is 0 Å². The summed E-state index contributed by atoms with van der Waals surface area (Å²) in [5, 5.41) is 2.80. The first kappa shape index (κ1) is 20.2. The van der Waals surface area contributed by atoms with Gasteiger partial charge in [-0.05, 0) is 62.6 Å². The van der Waals surface area contributed by atoms with Crippen molar-refractivity contribution in [3.8, 4) is 0 Å². The van der Waals surface area contributed by atoms with Gasteiger partial charge in [0.25, 0.3) is 0 Å². The fourth-order valence-electron chi connectivity index (χ4n) is 3.53. The van der Waals surface area contributed by atoms with Crippen molar-refractivity contribution in [3.63, 3.8) is 0 Å². The van der Waals surface area contributed by atoms with Gasteiger partial charge in [-0.15, -0.1) is 0 Å². The molecule has 0 bridgehead atoms. The summed E-state index contributed by atoms with van der Waals surface area (Å²) in [6.45, 7) is 5.64. The Balaban J connectivity index is 1.72. The Morgan fingerprint density at radius 3 is 2.29 bits per heavy atom. The molecule has 7 heteroatoms. The van der Waals surface area contributed by atoms with Crippen LogP contribution in [0.25, 0.3) is 0 Å². The number of benzene rings is 2. The Bertz CT molecular complexity index is 949. The number of sulfonamides is 1. The second-order valence-corrected chi connectivity index (χ2v) is 9.26. The molecule has 1 fully saturated rings. The van der Waals surface area contributed by atoms with Crippen LogP contribution in [0.1, 0.15) is 24.0 Å². The molecule has 1 aliphatic heterocycles. The molecule has 3 rings (SSSR count). The summed E-state index contributed by atoms with van der Waals surface area (Å²) in [4.78, 5) is 14.9. The number of aryl methyl sites for hydroxylation is 2. The zero-order chi connectivity index (χ0) is 20.3. The van der Waals surface area contributed by atoms with E-state index in [1.54, 1.807) is 6.07 Å². The van der Waals surface area contributed by atoms with Crippen molar-refractivity contribution in [3.05, 3.63) is 53.6 Å². The van der Waals surface area contributed by atoms with Crippen LogP contribution in [-0.2, 0) is 14.8 Å². The van der Waals surface area contributed by atoms with Gasteiger partial charge in [0.05, 0.1) is 11.9 Å². The van der Waals surface area contributed by atoms with Gasteiger partial charge in [-0.1, -0.05) is 17.7 Å². The molecule has 2 aromatic rings. The molecule has 1 N–H and O–H groups in total. The number of rotatable bonds is 6. The molecule has 0 spiro atoms. The largest absolute Gasteiger partial charge is 0.372 e. The predicted molar refractivity (Wildman–Crippen MR) is 115 cm³/mol. The van der Waals surface area contributed by atoms with Crippen molar-refractivity contribution in [2.24, 2.45) is 0 Å². The van der Waals surface area contributed by atoms with Crippen LogP contribution < -0.4 is 14.5 Å². The number of hydrogen-bond donors (Lipinski definition) is 1. The molecule has 1 amide bonds. The van der Waals surface area contributed by atoms with Crippen molar-refractivity contribution >= 4 is 33.0 Å². The lowest BCUT2D eigenvalue weighted by Crippen LogP contribution is -2.37. The van der Waals surface area contributed by atoms with Crippen LogP contribution in [0.5, 0.6) is 0 Å². The van der Waals surface area contributed by atoms with E-state index >= 15 is 0 Å². The second kappa shape index (κ2) is 8.22. The minimum absolute atomic E-state index is 0.267. The Morgan fingerprint density at radius 1 is 1.07 bits per heavy atom. The topological polar surface area (TPSA) is 69.7 Å². The van der Waals surface area contributed by atoms with Gasteiger partial charge in [-0.3, -0.25) is 9.10 Å². The molecule has 2 aromatic carbocycles. The fraction of sp³-hybridized carbons (Fsp3) is 0.381. The van der Waals surface area contributed by atoms with Crippen LogP contribution >= 0.6 is 0 Å². The summed E-state index contributed by atoms with van der Waals surface area (Å²) in [5.74, 6) is -0.376. The third-order valence-electron chi connectivity index (χ3n) is 4.93. The predicted octanol–water partition coefficient (Wildman–Crippen LogP) is 3.31. The third kappa shape index (κ3) is 4.84. The summed E-state index contributed by atoms with van der Waals surface area (Å²) in [7, 11) is -3.59. The fourth-order valence-corrected chi connectivity index (χ4v) is 4.44. The van der Waals surface area contributed by atoms with Gasteiger partial charge in [-0.2, -0.15) is 0 Å². The van der Waals surface area contributed by atoms with Gasteiger partial charge < -0.3 is 10.2 Å². The molecule has 150 valence electrons. The van der Waals surface area contributed by atoms with Crippen molar-refractivity contribution in [2.75, 3.05) is 40.4 Å². The lowest BCUT2D eigenvalue weighted by atomic mass is 10.1. The van der Waals surface area contributed by atoms with Crippen LogP contribution in [0.15, 0.2) is 42.5 Å². The minimum atomic E-state index is -3.59. The van der Waals surface area contributed by atoms with E-state index in [1.165, 1.54) is 12.8 Å². The van der Waals surface area contributed by atoms with E-state index in [0.717, 1.165) is 40.5 Å². The maximum Gasteiger partial charge on any atom is 0.245 e. The van der Waals surface area contributed by atoms with Crippen LogP contribution in [0.2, 0.25) is 0 Å². The van der Waals surface area contributed by atoms with E-state index in [4.69, 9.17) is 0 Å². The lowest BCUT2D eigenvalue weighted by Gasteiger charge is -2.24. The summed E-state index contributed by atoms with van der Waals surface area (Å²) in [6, 6.07) is 13.2. The summed E-state index contributed by atoms with van der Waals surface area (Å²) in [6.07, 6.45) is 3.53. The highest BCUT2D eigenvalue weighted by atomic mass is 32.2. The van der Waals surface area contributed by atoms with E-state index in [-0.39, 0.29) is 12.5 Å². The number of carbonyl (C=O) groups excluding carboxylic acids is 1. The maximum absolute atomic E-state index is 12.5. The first-order valence-corrected chi connectivity index (χ1v) is 11.3. The summed E-state index contributed by atoms with van der Waals surface area (Å²) < 4.78 is 25.7. The van der Waals surface area contributed by atoms with Gasteiger partial charge >= 0.3 is 0 Å². The van der Waals surface area contributed by atoms with E-state index < -0.39 is 10.0 Å². The van der Waals surface area contributed by atoms with Gasteiger partial charge in [0.15, 0.2) is 0 Å². The Morgan fingerprint density at radius 2 is 1.71 bits per heavy atom. The lowest BCUT2D eigenvalue weighted by molar-refractivity contribution is -0.114. The maximum atomic E-state index is 12.5. The third-order valence-corrected chi connectivity index (χ3v) is 6.06. The highest BCUT2D eigenvalue weighted by Crippen LogP contribution is 2.24. The number of nitrogens with zero attached hydrogens (tertiary/aromatic N) is 2. The Hall–Kier alpha value is -2.54. The number of amides is 1. The number of carbonyl (C=O) groups is 1. The molecule has 0 atom stereocenters. The molecule has 1 aliphatic rings. The highest BCUT2D eigenvalue weighted by Gasteiger charge is 2.22. The van der Waals surface area contributed by atoms with Crippen molar-refractivity contribution < 1.29 is 13.2 Å². The van der Waals surface area contributed by atoms with E-state index in [2.05, 4.69) is 10.2 Å². The van der Waals surface area contributed by atoms with Crippen LogP contribution in [-0.4, -0.2) is 40.2 Å². The molecule has 28 heavy (non-hydrogen) atoms. The Labute approximate surface area is 167 Å². The first-order valence-electron chi connectivity index (χ1n) is 9.44. The quantitative estimate of drug-likeness (QED) is 0.806. The smallest absolute Gasteiger partial charge is 0.245 e. The monoisotopic (exact) mass is 401 g/mol. The Kier molecular flexibility index (Phi) is 5.93. The summed E-state index contributed by atoms with van der Waals surface area (Å²) >= 11 is 0. The number of nitrogens with one attached hydrogen (secondary N) is 1. The molecule has 0 aromatic heterocycles. The SMILES string of the molecule is Cc1ccc(N(CC(=O)Nc2ccc(N3CCCC3)cc2)S(C)(=O)=O)c(C)c1. The molecular weight excluding hydrogens is 374 g/mol. The molecule has 6 nitrogen and oxygen atoms in total. The number of hydrogen-bond acceptors (Lipinski definition) is 4. The highest BCUT2D eigenvalue weighted by molar-refractivity contribution is 7.92. The van der Waals surface area contributed by atoms with Gasteiger partial charge in [0.1, 0.15) is 6.54 Å². The molecule has 0 radical (unpaired) electrons. The van der Waals surface area contributed by atoms with E-state index in [1.807, 2.05) is 50.2 Å². The number of anilines is 3. The zero-order valence-corrected chi connectivity index (χ0v) is 17.4.